The van der Waals surface area contributed by atoms with Crippen molar-refractivity contribution in [3.8, 4) is 0 Å². The second-order valence-corrected chi connectivity index (χ2v) is 2.10. The average molecular weight is 181 g/mol. The van der Waals surface area contributed by atoms with Crippen LogP contribution in [0.3, 0.4) is 0 Å². The van der Waals surface area contributed by atoms with E-state index in [4.69, 9.17) is 25.5 Å². The molecule has 0 heterocycles. The van der Waals surface area contributed by atoms with Gasteiger partial charge in [-0.05, 0) is 12.8 Å². The Morgan fingerprint density at radius 2 is 1.25 bits per heavy atom. The van der Waals surface area contributed by atoms with Crippen molar-refractivity contribution < 1.29 is 20.5 Å². The predicted octanol–water partition coefficient (Wildman–Crippen LogP) is 0.184. The Morgan fingerprint density at radius 1 is 1.00 bits per heavy atom. The second-order valence-electron chi connectivity index (χ2n) is 2.10. The maximum atomic E-state index is 8.36. The van der Waals surface area contributed by atoms with Crippen LogP contribution in [-0.4, -0.2) is 33.7 Å². The molecule has 3 N–H and O–H groups in total. The highest BCUT2D eigenvalue weighted by Gasteiger charge is 1.84. The van der Waals surface area contributed by atoms with Gasteiger partial charge in [0.25, 0.3) is 5.09 Å². The third-order valence-electron chi connectivity index (χ3n) is 1.07. The van der Waals surface area contributed by atoms with Crippen molar-refractivity contribution >= 4 is 0 Å². The minimum atomic E-state index is -1.50. The lowest BCUT2D eigenvalue weighted by Crippen LogP contribution is -1.85. The Kier molecular flexibility index (Phi) is 14.6. The van der Waals surface area contributed by atoms with E-state index >= 15 is 0 Å². The highest BCUT2D eigenvalue weighted by Crippen LogP contribution is 1.96. The predicted molar refractivity (Wildman–Crippen MR) is 41.4 cm³/mol. The van der Waals surface area contributed by atoms with E-state index < -0.39 is 5.09 Å². The van der Waals surface area contributed by atoms with Crippen molar-refractivity contribution in [2.24, 2.45) is 0 Å². The van der Waals surface area contributed by atoms with Gasteiger partial charge >= 0.3 is 0 Å². The van der Waals surface area contributed by atoms with E-state index in [0.29, 0.717) is 0 Å². The summed E-state index contributed by atoms with van der Waals surface area (Å²) in [6.45, 7) is 0.566. The van der Waals surface area contributed by atoms with Gasteiger partial charge in [0.05, 0.1) is 0 Å². The molecule has 0 aliphatic rings. The largest absolute Gasteiger partial charge is 0.396 e. The molecule has 0 atom stereocenters. The fraction of sp³-hybridized carbons (Fsp3) is 1.00. The molecule has 0 fully saturated rings. The summed E-state index contributed by atoms with van der Waals surface area (Å²) in [6.07, 6.45) is 3.83. The molecule has 0 saturated carbocycles. The number of aliphatic hydroxyl groups is 2. The van der Waals surface area contributed by atoms with Gasteiger partial charge in [0.2, 0.25) is 0 Å². The third-order valence-corrected chi connectivity index (χ3v) is 1.07. The number of rotatable bonds is 5. The van der Waals surface area contributed by atoms with Gasteiger partial charge in [0.15, 0.2) is 0 Å². The maximum Gasteiger partial charge on any atom is 0.291 e. The first-order valence-corrected chi connectivity index (χ1v) is 3.70. The first kappa shape index (κ1) is 13.7. The Morgan fingerprint density at radius 3 is 1.42 bits per heavy atom. The van der Waals surface area contributed by atoms with Crippen LogP contribution in [0.4, 0.5) is 0 Å². The van der Waals surface area contributed by atoms with Gasteiger partial charge in [-0.3, -0.25) is 0 Å². The summed E-state index contributed by atoms with van der Waals surface area (Å²) in [7, 11) is 0. The molecule has 0 bridgehead atoms. The van der Waals surface area contributed by atoms with Crippen LogP contribution < -0.4 is 0 Å². The van der Waals surface area contributed by atoms with Gasteiger partial charge in [0, 0.05) is 13.2 Å². The molecule has 0 spiro atoms. The molecule has 0 unspecified atom stereocenters. The lowest BCUT2D eigenvalue weighted by Gasteiger charge is -1.93. The third kappa shape index (κ3) is 35.4. The minimum Gasteiger partial charge on any atom is -0.396 e. The van der Waals surface area contributed by atoms with E-state index in [0.717, 1.165) is 25.7 Å². The van der Waals surface area contributed by atoms with Crippen LogP contribution in [0.2, 0.25) is 0 Å². The molecule has 0 radical (unpaired) electrons. The van der Waals surface area contributed by atoms with Crippen molar-refractivity contribution in [2.75, 3.05) is 13.2 Å². The zero-order valence-electron chi connectivity index (χ0n) is 6.85. The smallest absolute Gasteiger partial charge is 0.291 e. The monoisotopic (exact) mass is 181 g/mol. The number of hydrogen-bond acceptors (Lipinski definition) is 4. The summed E-state index contributed by atoms with van der Waals surface area (Å²) in [4.78, 5) is 8.36. The zero-order valence-corrected chi connectivity index (χ0v) is 6.85. The summed E-state index contributed by atoms with van der Waals surface area (Å²) in [5.74, 6) is 0. The lowest BCUT2D eigenvalue weighted by atomic mass is 10.2. The molecule has 0 rings (SSSR count). The van der Waals surface area contributed by atoms with Gasteiger partial charge < -0.3 is 15.4 Å². The van der Waals surface area contributed by atoms with Crippen molar-refractivity contribution in [3.05, 3.63) is 10.1 Å². The molecule has 6 nitrogen and oxygen atoms in total. The molecular formula is C6H15NO5. The van der Waals surface area contributed by atoms with E-state index in [2.05, 4.69) is 0 Å². The van der Waals surface area contributed by atoms with Crippen LogP contribution in [-0.2, 0) is 0 Å². The number of nitrogens with zero attached hydrogens (tertiary/aromatic N) is 1. The van der Waals surface area contributed by atoms with Gasteiger partial charge in [-0.2, -0.15) is 0 Å². The standard InChI is InChI=1S/C6H14O2.HNO3/c7-5-3-1-2-4-6-8;2-1(3)4/h7-8H,1-6H2;(H,2,3,4). The summed E-state index contributed by atoms with van der Waals surface area (Å²) in [5.41, 5.74) is 0. The Hall–Kier alpha value is -0.880. The van der Waals surface area contributed by atoms with Crippen LogP contribution in [0.1, 0.15) is 25.7 Å². The number of hydrogen-bond donors (Lipinski definition) is 3. The first-order chi connectivity index (χ1) is 5.65. The van der Waals surface area contributed by atoms with Crippen molar-refractivity contribution in [3.63, 3.8) is 0 Å². The van der Waals surface area contributed by atoms with E-state index in [1.54, 1.807) is 0 Å². The zero-order chi connectivity index (χ0) is 9.82. The van der Waals surface area contributed by atoms with Crippen molar-refractivity contribution in [1.82, 2.24) is 0 Å². The molecule has 6 heteroatoms. The lowest BCUT2D eigenvalue weighted by molar-refractivity contribution is -0.742. The molecule has 0 saturated heterocycles. The summed E-state index contributed by atoms with van der Waals surface area (Å²) in [6, 6.07) is 0. The van der Waals surface area contributed by atoms with Crippen LogP contribution in [0.5, 0.6) is 0 Å². The molecule has 0 amide bonds. The minimum absolute atomic E-state index is 0.283. The van der Waals surface area contributed by atoms with Crippen LogP contribution in [0, 0.1) is 10.1 Å². The average Bonchev–Trinajstić information content (AvgIpc) is 1.97. The van der Waals surface area contributed by atoms with Crippen molar-refractivity contribution in [2.45, 2.75) is 25.7 Å². The van der Waals surface area contributed by atoms with E-state index in [1.165, 1.54) is 0 Å². The summed E-state index contributed by atoms with van der Waals surface area (Å²) in [5, 5.41) is 30.2. The Balaban J connectivity index is 0. The molecule has 0 aliphatic heterocycles. The fourth-order valence-corrected chi connectivity index (χ4v) is 0.577. The topological polar surface area (TPSA) is 104 Å². The summed E-state index contributed by atoms with van der Waals surface area (Å²) >= 11 is 0. The number of aliphatic hydroxyl groups excluding tert-OH is 2. The molecular weight excluding hydrogens is 166 g/mol. The highest BCUT2D eigenvalue weighted by molar-refractivity contribution is 4.39. The SMILES string of the molecule is O=[N+]([O-])O.OCCCCCCO. The van der Waals surface area contributed by atoms with Gasteiger partial charge in [-0.1, -0.05) is 12.8 Å². The van der Waals surface area contributed by atoms with Crippen LogP contribution in [0.15, 0.2) is 0 Å². The number of unbranched alkanes of at least 4 members (excludes halogenated alkanes) is 3. The quantitative estimate of drug-likeness (QED) is 0.319. The highest BCUT2D eigenvalue weighted by atomic mass is 16.9. The fourth-order valence-electron chi connectivity index (χ4n) is 0.577. The van der Waals surface area contributed by atoms with Gasteiger partial charge in [-0.15, -0.1) is 10.1 Å². The Labute approximate surface area is 70.6 Å². The first-order valence-electron chi connectivity index (χ1n) is 3.70. The van der Waals surface area contributed by atoms with Gasteiger partial charge in [-0.25, -0.2) is 0 Å². The van der Waals surface area contributed by atoms with Gasteiger partial charge in [0.1, 0.15) is 0 Å². The van der Waals surface area contributed by atoms with E-state index in [1.807, 2.05) is 0 Å². The van der Waals surface area contributed by atoms with E-state index in [9.17, 15) is 0 Å². The van der Waals surface area contributed by atoms with E-state index in [-0.39, 0.29) is 13.2 Å². The summed E-state index contributed by atoms with van der Waals surface area (Å²) < 4.78 is 0. The molecule has 0 aromatic carbocycles. The molecule has 0 aliphatic carbocycles. The van der Waals surface area contributed by atoms with Crippen LogP contribution >= 0.6 is 0 Å². The molecule has 0 aromatic rings. The van der Waals surface area contributed by atoms with Crippen molar-refractivity contribution in [1.29, 1.82) is 0 Å². The normalized spacial score (nSPS) is 8.50. The Bertz CT molecular complexity index is 87.9. The molecule has 74 valence electrons. The van der Waals surface area contributed by atoms with Crippen LogP contribution in [0.25, 0.3) is 0 Å². The molecule has 12 heavy (non-hydrogen) atoms. The second kappa shape index (κ2) is 12.8. The maximum absolute atomic E-state index is 8.36. The molecule has 0 aromatic heterocycles.